The average Bonchev–Trinajstić information content (AvgIpc) is 2.34. The lowest BCUT2D eigenvalue weighted by Gasteiger charge is -2.10. The van der Waals surface area contributed by atoms with E-state index in [0.717, 1.165) is 0 Å². The first kappa shape index (κ1) is 12.5. The number of carboxylic acid groups (broad SMARTS) is 1. The lowest BCUT2D eigenvalue weighted by atomic mass is 10.2. The molecule has 18 heavy (non-hydrogen) atoms. The Morgan fingerprint density at radius 1 is 1.33 bits per heavy atom. The van der Waals surface area contributed by atoms with Crippen molar-refractivity contribution < 1.29 is 14.3 Å². The molecule has 92 valence electrons. The maximum atomic E-state index is 13.5. The van der Waals surface area contributed by atoms with E-state index in [1.807, 2.05) is 0 Å². The van der Waals surface area contributed by atoms with Gasteiger partial charge in [0.25, 0.3) is 0 Å². The van der Waals surface area contributed by atoms with Gasteiger partial charge in [0.15, 0.2) is 0 Å². The molecule has 1 heterocycles. The van der Waals surface area contributed by atoms with Crippen LogP contribution in [0.2, 0.25) is 0 Å². The second-order valence-corrected chi connectivity index (χ2v) is 4.39. The summed E-state index contributed by atoms with van der Waals surface area (Å²) in [6, 6.07) is 5.71. The van der Waals surface area contributed by atoms with Crippen LogP contribution in [0.5, 0.6) is 0 Å². The zero-order valence-electron chi connectivity index (χ0n) is 9.02. The van der Waals surface area contributed by atoms with Crippen molar-refractivity contribution in [2.75, 3.05) is 5.32 Å². The molecule has 0 radical (unpaired) electrons. The fourth-order valence-corrected chi connectivity index (χ4v) is 1.78. The van der Waals surface area contributed by atoms with E-state index in [2.05, 4.69) is 26.2 Å². The number of carboxylic acids is 1. The summed E-state index contributed by atoms with van der Waals surface area (Å²) in [7, 11) is 0. The van der Waals surface area contributed by atoms with Gasteiger partial charge in [0.2, 0.25) is 0 Å². The van der Waals surface area contributed by atoms with E-state index < -0.39 is 11.8 Å². The molecule has 0 saturated heterocycles. The van der Waals surface area contributed by atoms with Gasteiger partial charge in [0, 0.05) is 10.7 Å². The molecule has 0 saturated carbocycles. The van der Waals surface area contributed by atoms with Gasteiger partial charge in [-0.2, -0.15) is 0 Å². The lowest BCUT2D eigenvalue weighted by Crippen LogP contribution is -2.04. The molecule has 2 rings (SSSR count). The van der Waals surface area contributed by atoms with Crippen LogP contribution >= 0.6 is 15.9 Å². The lowest BCUT2D eigenvalue weighted by molar-refractivity contribution is 0.0698. The molecule has 0 bridgehead atoms. The topological polar surface area (TPSA) is 62.2 Å². The molecule has 0 amide bonds. The van der Waals surface area contributed by atoms with Crippen molar-refractivity contribution >= 4 is 33.3 Å². The summed E-state index contributed by atoms with van der Waals surface area (Å²) in [4.78, 5) is 14.8. The van der Waals surface area contributed by atoms with Crippen LogP contribution in [0.15, 0.2) is 41.1 Å². The summed E-state index contributed by atoms with van der Waals surface area (Å²) in [6.45, 7) is 0. The average molecular weight is 311 g/mol. The summed E-state index contributed by atoms with van der Waals surface area (Å²) < 4.78 is 14.2. The van der Waals surface area contributed by atoms with Crippen molar-refractivity contribution in [3.8, 4) is 0 Å². The third kappa shape index (κ3) is 2.65. The minimum absolute atomic E-state index is 0.0318. The third-order valence-corrected chi connectivity index (χ3v) is 2.74. The van der Waals surface area contributed by atoms with Gasteiger partial charge in [-0.15, -0.1) is 0 Å². The predicted molar refractivity (Wildman–Crippen MR) is 68.6 cm³/mol. The Kier molecular flexibility index (Phi) is 3.57. The first-order valence-corrected chi connectivity index (χ1v) is 5.76. The summed E-state index contributed by atoms with van der Waals surface area (Å²) in [5.41, 5.74) is 0.450. The van der Waals surface area contributed by atoms with Crippen molar-refractivity contribution in [3.63, 3.8) is 0 Å². The number of nitrogens with one attached hydrogen (secondary N) is 1. The predicted octanol–water partition coefficient (Wildman–Crippen LogP) is 3.43. The quantitative estimate of drug-likeness (QED) is 0.911. The molecule has 0 fully saturated rings. The highest BCUT2D eigenvalue weighted by Crippen LogP contribution is 2.25. The van der Waals surface area contributed by atoms with Crippen molar-refractivity contribution in [1.82, 2.24) is 4.98 Å². The molecule has 0 aliphatic carbocycles. The number of pyridine rings is 1. The Hall–Kier alpha value is -1.95. The number of nitrogens with zero attached hydrogens (tertiary/aromatic N) is 1. The SMILES string of the molecule is O=C(O)c1ccncc1Nc1cc(Br)ccc1F. The van der Waals surface area contributed by atoms with Gasteiger partial charge in [-0.1, -0.05) is 15.9 Å². The summed E-state index contributed by atoms with van der Waals surface area (Å²) in [5.74, 6) is -1.58. The van der Waals surface area contributed by atoms with E-state index in [1.165, 1.54) is 30.6 Å². The molecule has 0 aliphatic rings. The Morgan fingerprint density at radius 3 is 2.83 bits per heavy atom. The van der Waals surface area contributed by atoms with Crippen molar-refractivity contribution in [2.45, 2.75) is 0 Å². The number of carbonyl (C=O) groups is 1. The highest BCUT2D eigenvalue weighted by Gasteiger charge is 2.11. The number of benzene rings is 1. The van der Waals surface area contributed by atoms with Gasteiger partial charge in [0.05, 0.1) is 23.1 Å². The fourth-order valence-electron chi connectivity index (χ4n) is 1.42. The fraction of sp³-hybridized carbons (Fsp3) is 0. The number of hydrogen-bond acceptors (Lipinski definition) is 3. The van der Waals surface area contributed by atoms with Crippen molar-refractivity contribution in [2.24, 2.45) is 0 Å². The first-order valence-electron chi connectivity index (χ1n) is 4.97. The Morgan fingerprint density at radius 2 is 2.11 bits per heavy atom. The maximum absolute atomic E-state index is 13.5. The third-order valence-electron chi connectivity index (χ3n) is 2.25. The van der Waals surface area contributed by atoms with Gasteiger partial charge < -0.3 is 10.4 Å². The van der Waals surface area contributed by atoms with Crippen LogP contribution in [-0.2, 0) is 0 Å². The molecule has 0 unspecified atom stereocenters. The number of anilines is 2. The Labute approximate surface area is 111 Å². The number of rotatable bonds is 3. The van der Waals surface area contributed by atoms with Crippen molar-refractivity contribution in [3.05, 3.63) is 52.5 Å². The molecule has 4 nitrogen and oxygen atoms in total. The molecular weight excluding hydrogens is 303 g/mol. The summed E-state index contributed by atoms with van der Waals surface area (Å²) in [6.07, 6.45) is 2.70. The highest BCUT2D eigenvalue weighted by molar-refractivity contribution is 9.10. The van der Waals surface area contributed by atoms with E-state index in [1.54, 1.807) is 6.07 Å². The largest absolute Gasteiger partial charge is 0.478 e. The first-order chi connectivity index (χ1) is 8.58. The monoisotopic (exact) mass is 310 g/mol. The normalized spacial score (nSPS) is 10.1. The highest BCUT2D eigenvalue weighted by atomic mass is 79.9. The molecule has 2 aromatic rings. The van der Waals surface area contributed by atoms with Crippen LogP contribution in [0.1, 0.15) is 10.4 Å². The standard InChI is InChI=1S/C12H8BrFN2O2/c13-7-1-2-9(14)10(5-7)16-11-6-15-4-3-8(11)12(17)18/h1-6,16H,(H,17,18). The molecule has 1 aromatic carbocycles. The summed E-state index contributed by atoms with van der Waals surface area (Å²) >= 11 is 3.22. The van der Waals surface area contributed by atoms with Crippen LogP contribution in [-0.4, -0.2) is 16.1 Å². The van der Waals surface area contributed by atoms with E-state index in [-0.39, 0.29) is 16.9 Å². The minimum Gasteiger partial charge on any atom is -0.478 e. The zero-order valence-corrected chi connectivity index (χ0v) is 10.6. The van der Waals surface area contributed by atoms with Crippen molar-refractivity contribution in [1.29, 1.82) is 0 Å². The summed E-state index contributed by atoms with van der Waals surface area (Å²) in [5, 5.41) is 11.7. The maximum Gasteiger partial charge on any atom is 0.337 e. The molecule has 2 N–H and O–H groups in total. The van der Waals surface area contributed by atoms with Crippen LogP contribution in [0.3, 0.4) is 0 Å². The number of halogens is 2. The molecule has 0 atom stereocenters. The molecule has 6 heteroatoms. The second kappa shape index (κ2) is 5.14. The molecular formula is C12H8BrFN2O2. The van der Waals surface area contributed by atoms with E-state index in [9.17, 15) is 9.18 Å². The molecule has 1 aromatic heterocycles. The van der Waals surface area contributed by atoms with Crippen LogP contribution in [0.4, 0.5) is 15.8 Å². The number of aromatic nitrogens is 1. The molecule has 0 spiro atoms. The van der Waals surface area contributed by atoms with E-state index in [0.29, 0.717) is 4.47 Å². The van der Waals surface area contributed by atoms with Gasteiger partial charge in [-0.3, -0.25) is 4.98 Å². The zero-order chi connectivity index (χ0) is 13.1. The van der Waals surface area contributed by atoms with Gasteiger partial charge in [-0.05, 0) is 24.3 Å². The number of aromatic carboxylic acids is 1. The smallest absolute Gasteiger partial charge is 0.337 e. The van der Waals surface area contributed by atoms with Gasteiger partial charge in [0.1, 0.15) is 5.82 Å². The molecule has 0 aliphatic heterocycles. The van der Waals surface area contributed by atoms with Crippen LogP contribution in [0, 0.1) is 5.82 Å². The second-order valence-electron chi connectivity index (χ2n) is 3.48. The Bertz CT molecular complexity index is 604. The minimum atomic E-state index is -1.10. The van der Waals surface area contributed by atoms with Gasteiger partial charge in [-0.25, -0.2) is 9.18 Å². The van der Waals surface area contributed by atoms with Gasteiger partial charge >= 0.3 is 5.97 Å². The van der Waals surface area contributed by atoms with E-state index in [4.69, 9.17) is 5.11 Å². The van der Waals surface area contributed by atoms with E-state index >= 15 is 0 Å². The van der Waals surface area contributed by atoms with Crippen LogP contribution < -0.4 is 5.32 Å². The Balaban J connectivity index is 2.40. The van der Waals surface area contributed by atoms with Crippen LogP contribution in [0.25, 0.3) is 0 Å². The number of hydrogen-bond donors (Lipinski definition) is 2.